The van der Waals surface area contributed by atoms with Crippen LogP contribution < -0.4 is 10.1 Å². The summed E-state index contributed by atoms with van der Waals surface area (Å²) >= 11 is 3.08. The molecule has 3 aromatic rings. The van der Waals surface area contributed by atoms with Crippen LogP contribution in [0.2, 0.25) is 0 Å². The Kier molecular flexibility index (Phi) is 5.73. The average molecular weight is 370 g/mol. The number of benzene rings is 2. The van der Waals surface area contributed by atoms with Crippen LogP contribution in [0.1, 0.15) is 21.1 Å². The highest BCUT2D eigenvalue weighted by atomic mass is 32.2. The molecule has 0 bridgehead atoms. The van der Waals surface area contributed by atoms with Crippen molar-refractivity contribution in [3.8, 4) is 5.75 Å². The highest BCUT2D eigenvalue weighted by Crippen LogP contribution is 2.19. The first-order valence-electron chi connectivity index (χ1n) is 7.73. The van der Waals surface area contributed by atoms with E-state index < -0.39 is 0 Å². The summed E-state index contributed by atoms with van der Waals surface area (Å²) in [7, 11) is 0. The minimum atomic E-state index is -0.213. The zero-order chi connectivity index (χ0) is 17.6. The summed E-state index contributed by atoms with van der Waals surface area (Å²) in [6, 6.07) is 15.6. The lowest BCUT2D eigenvalue weighted by atomic mass is 10.2. The first-order valence-corrected chi connectivity index (χ1v) is 9.84. The maximum atomic E-state index is 12.3. The van der Waals surface area contributed by atoms with Gasteiger partial charge in [0.05, 0.1) is 0 Å². The van der Waals surface area contributed by atoms with Gasteiger partial charge in [0.15, 0.2) is 0 Å². The van der Waals surface area contributed by atoms with Crippen LogP contribution in [0.4, 0.5) is 5.69 Å². The number of hydrogen-bond acceptors (Lipinski definition) is 5. The smallest absolute Gasteiger partial charge is 0.275 e. The number of thiazole rings is 1. The van der Waals surface area contributed by atoms with Gasteiger partial charge in [-0.2, -0.15) is 0 Å². The van der Waals surface area contributed by atoms with Crippen molar-refractivity contribution in [3.63, 3.8) is 0 Å². The average Bonchev–Trinajstić information content (AvgIpc) is 3.11. The van der Waals surface area contributed by atoms with Crippen molar-refractivity contribution in [3.05, 3.63) is 70.2 Å². The van der Waals surface area contributed by atoms with Crippen molar-refractivity contribution in [2.24, 2.45) is 0 Å². The molecule has 128 valence electrons. The van der Waals surface area contributed by atoms with E-state index in [4.69, 9.17) is 4.74 Å². The summed E-state index contributed by atoms with van der Waals surface area (Å²) in [5.41, 5.74) is 2.35. The largest absolute Gasteiger partial charge is 0.486 e. The number of nitrogens with zero attached hydrogens (tertiary/aromatic N) is 1. The molecule has 1 heterocycles. The van der Waals surface area contributed by atoms with Gasteiger partial charge in [0.25, 0.3) is 5.91 Å². The molecule has 0 unspecified atom stereocenters. The highest BCUT2D eigenvalue weighted by molar-refractivity contribution is 7.98. The van der Waals surface area contributed by atoms with Crippen LogP contribution in [-0.4, -0.2) is 17.1 Å². The normalized spacial score (nSPS) is 10.5. The molecule has 0 radical (unpaired) electrons. The molecule has 1 amide bonds. The molecular formula is C19H18N2O2S2. The van der Waals surface area contributed by atoms with E-state index in [0.717, 1.165) is 21.3 Å². The number of aryl methyl sites for hydroxylation is 1. The minimum absolute atomic E-state index is 0.213. The van der Waals surface area contributed by atoms with E-state index in [9.17, 15) is 4.79 Å². The van der Waals surface area contributed by atoms with Crippen molar-refractivity contribution in [1.29, 1.82) is 0 Å². The summed E-state index contributed by atoms with van der Waals surface area (Å²) in [6.45, 7) is 2.38. The molecule has 4 nitrogen and oxygen atoms in total. The molecule has 0 atom stereocenters. The number of carbonyl (C=O) groups excluding carboxylic acids is 1. The number of aromatic nitrogens is 1. The van der Waals surface area contributed by atoms with Crippen molar-refractivity contribution in [2.45, 2.75) is 18.4 Å². The van der Waals surface area contributed by atoms with Gasteiger partial charge in [-0.05, 0) is 49.6 Å². The van der Waals surface area contributed by atoms with Crippen LogP contribution in [0.25, 0.3) is 0 Å². The Hall–Kier alpha value is -2.31. The third kappa shape index (κ3) is 4.84. The fourth-order valence-electron chi connectivity index (χ4n) is 2.13. The molecule has 3 rings (SSSR count). The predicted octanol–water partition coefficient (Wildman–Crippen LogP) is 5.00. The first-order chi connectivity index (χ1) is 12.1. The van der Waals surface area contributed by atoms with Crippen LogP contribution in [0.3, 0.4) is 0 Å². The summed E-state index contributed by atoms with van der Waals surface area (Å²) in [4.78, 5) is 17.8. The SMILES string of the molecule is CSc1ccc(NC(=O)c2csc(COc3ccc(C)cc3)n2)cc1. The first kappa shape index (κ1) is 17.5. The maximum Gasteiger partial charge on any atom is 0.275 e. The second-order valence-electron chi connectivity index (χ2n) is 5.41. The monoisotopic (exact) mass is 370 g/mol. The standard InChI is InChI=1S/C19H18N2O2S2/c1-13-3-7-15(8-4-13)23-11-18-21-17(12-25-18)19(22)20-14-5-9-16(24-2)10-6-14/h3-10,12H,11H2,1-2H3,(H,20,22). The fourth-order valence-corrected chi connectivity index (χ4v) is 3.22. The van der Waals surface area contributed by atoms with Crippen LogP contribution in [-0.2, 0) is 6.61 Å². The molecule has 0 aliphatic rings. The lowest BCUT2D eigenvalue weighted by Crippen LogP contribution is -2.12. The summed E-state index contributed by atoms with van der Waals surface area (Å²) < 4.78 is 5.70. The highest BCUT2D eigenvalue weighted by Gasteiger charge is 2.11. The third-order valence-corrected chi connectivity index (χ3v) is 5.08. The number of rotatable bonds is 6. The molecule has 0 saturated heterocycles. The van der Waals surface area contributed by atoms with Crippen LogP contribution in [0.15, 0.2) is 58.8 Å². The van der Waals surface area contributed by atoms with E-state index >= 15 is 0 Å². The number of nitrogens with one attached hydrogen (secondary N) is 1. The number of ether oxygens (including phenoxy) is 1. The second-order valence-corrected chi connectivity index (χ2v) is 7.23. The molecule has 1 aromatic heterocycles. The van der Waals surface area contributed by atoms with Crippen molar-refractivity contribution >= 4 is 34.7 Å². The zero-order valence-corrected chi connectivity index (χ0v) is 15.6. The quantitative estimate of drug-likeness (QED) is 0.620. The Morgan fingerprint density at radius 3 is 2.56 bits per heavy atom. The molecule has 25 heavy (non-hydrogen) atoms. The number of thioether (sulfide) groups is 1. The molecule has 0 saturated carbocycles. The molecule has 1 N–H and O–H groups in total. The molecule has 6 heteroatoms. The van der Waals surface area contributed by atoms with Crippen LogP contribution in [0.5, 0.6) is 5.75 Å². The summed E-state index contributed by atoms with van der Waals surface area (Å²) in [5.74, 6) is 0.579. The summed E-state index contributed by atoms with van der Waals surface area (Å²) in [5, 5.41) is 5.37. The van der Waals surface area contributed by atoms with Gasteiger partial charge in [0, 0.05) is 16.0 Å². The predicted molar refractivity (Wildman–Crippen MR) is 104 cm³/mol. The number of amides is 1. The number of anilines is 1. The molecule has 0 spiro atoms. The number of carbonyl (C=O) groups is 1. The Balaban J connectivity index is 1.58. The molecule has 0 fully saturated rings. The Labute approximate surface area is 155 Å². The van der Waals surface area contributed by atoms with Gasteiger partial charge >= 0.3 is 0 Å². The van der Waals surface area contributed by atoms with E-state index in [1.165, 1.54) is 16.9 Å². The van der Waals surface area contributed by atoms with E-state index in [1.54, 1.807) is 17.1 Å². The second kappa shape index (κ2) is 8.18. The van der Waals surface area contributed by atoms with Gasteiger partial charge in [0.2, 0.25) is 0 Å². The van der Waals surface area contributed by atoms with Crippen LogP contribution in [0, 0.1) is 6.92 Å². The molecular weight excluding hydrogens is 352 g/mol. The Morgan fingerprint density at radius 2 is 1.88 bits per heavy atom. The lowest BCUT2D eigenvalue weighted by Gasteiger charge is -2.04. The maximum absolute atomic E-state index is 12.3. The third-order valence-electron chi connectivity index (χ3n) is 3.52. The van der Waals surface area contributed by atoms with Crippen LogP contribution >= 0.6 is 23.1 Å². The van der Waals surface area contributed by atoms with Crippen molar-refractivity contribution in [1.82, 2.24) is 4.98 Å². The van der Waals surface area contributed by atoms with E-state index in [0.29, 0.717) is 12.3 Å². The molecule has 0 aliphatic carbocycles. The lowest BCUT2D eigenvalue weighted by molar-refractivity contribution is 0.102. The number of hydrogen-bond donors (Lipinski definition) is 1. The van der Waals surface area contributed by atoms with Gasteiger partial charge in [-0.3, -0.25) is 4.79 Å². The fraction of sp³-hybridized carbons (Fsp3) is 0.158. The van der Waals surface area contributed by atoms with Gasteiger partial charge in [-0.1, -0.05) is 17.7 Å². The van der Waals surface area contributed by atoms with Gasteiger partial charge in [-0.25, -0.2) is 4.98 Å². The van der Waals surface area contributed by atoms with E-state index in [1.807, 2.05) is 61.7 Å². The Bertz CT molecular complexity index is 843. The molecule has 2 aromatic carbocycles. The van der Waals surface area contributed by atoms with E-state index in [2.05, 4.69) is 10.3 Å². The van der Waals surface area contributed by atoms with E-state index in [-0.39, 0.29) is 5.91 Å². The summed E-state index contributed by atoms with van der Waals surface area (Å²) in [6.07, 6.45) is 2.02. The van der Waals surface area contributed by atoms with Gasteiger partial charge < -0.3 is 10.1 Å². The van der Waals surface area contributed by atoms with Crippen molar-refractivity contribution < 1.29 is 9.53 Å². The topological polar surface area (TPSA) is 51.2 Å². The Morgan fingerprint density at radius 1 is 1.16 bits per heavy atom. The van der Waals surface area contributed by atoms with Gasteiger partial charge in [-0.15, -0.1) is 23.1 Å². The molecule has 0 aliphatic heterocycles. The van der Waals surface area contributed by atoms with Gasteiger partial charge in [0.1, 0.15) is 23.1 Å². The minimum Gasteiger partial charge on any atom is -0.486 e. The zero-order valence-electron chi connectivity index (χ0n) is 14.0. The van der Waals surface area contributed by atoms with Crippen molar-refractivity contribution in [2.75, 3.05) is 11.6 Å².